The molecule has 3 aromatic rings. The molecule has 3 heterocycles. The largest absolute Gasteiger partial charge is 0.478 e. The third kappa shape index (κ3) is 4.83. The van der Waals surface area contributed by atoms with Gasteiger partial charge in [0.25, 0.3) is 0 Å². The van der Waals surface area contributed by atoms with Crippen LogP contribution in [0, 0.1) is 5.82 Å². The van der Waals surface area contributed by atoms with Gasteiger partial charge in [0.2, 0.25) is 5.88 Å². The first-order valence-electron chi connectivity index (χ1n) is 11.8. The third-order valence-corrected chi connectivity index (χ3v) is 6.96. The summed E-state index contributed by atoms with van der Waals surface area (Å²) in [7, 11) is 0. The summed E-state index contributed by atoms with van der Waals surface area (Å²) < 4.78 is 19.3. The molecule has 0 spiro atoms. The Bertz CT molecular complexity index is 1260. The number of aliphatic hydroxyl groups is 1. The van der Waals surface area contributed by atoms with Crippen LogP contribution < -0.4 is 4.74 Å². The number of benzene rings is 2. The number of likely N-dealkylation sites (tertiary alicyclic amines) is 1. The highest BCUT2D eigenvalue weighted by atomic mass is 19.1. The van der Waals surface area contributed by atoms with Crippen molar-refractivity contribution in [1.82, 2.24) is 9.88 Å². The molecule has 35 heavy (non-hydrogen) atoms. The number of allylic oxidation sites excluding steroid dienone is 1. The summed E-state index contributed by atoms with van der Waals surface area (Å²) in [6, 6.07) is 15.0. The zero-order chi connectivity index (χ0) is 24.4. The minimum atomic E-state index is -0.981. The van der Waals surface area contributed by atoms with Crippen LogP contribution in [0.4, 0.5) is 4.39 Å². The number of carboxylic acid groups (broad SMARTS) is 1. The van der Waals surface area contributed by atoms with Crippen LogP contribution in [0.15, 0.2) is 66.9 Å². The molecule has 180 valence electrons. The lowest BCUT2D eigenvalue weighted by Crippen LogP contribution is -2.42. The summed E-state index contributed by atoms with van der Waals surface area (Å²) in [5.74, 6) is -0.293. The van der Waals surface area contributed by atoms with Gasteiger partial charge < -0.3 is 19.8 Å². The fraction of sp³-hybridized carbons (Fsp3) is 0.286. The number of rotatable bonds is 5. The van der Waals surface area contributed by atoms with Gasteiger partial charge in [0.1, 0.15) is 11.6 Å². The predicted molar refractivity (Wildman–Crippen MR) is 130 cm³/mol. The molecule has 0 bridgehead atoms. The van der Waals surface area contributed by atoms with Crippen molar-refractivity contribution in [2.45, 2.75) is 31.3 Å². The standard InChI is InChI=1S/C28H27FN2O4/c29-21-10-8-20(9-11-21)28(34)12-16-31(17-13-28)15-3-4-19-18-24-23(27(32)33)5-1-7-25(24)35-26-22(19)6-2-14-30-26/h1-2,4-11,14,34H,3,12-13,15-18H2,(H,32,33). The maximum atomic E-state index is 13.3. The van der Waals surface area contributed by atoms with Crippen molar-refractivity contribution < 1.29 is 24.1 Å². The number of halogens is 1. The van der Waals surface area contributed by atoms with Gasteiger partial charge in [0, 0.05) is 43.4 Å². The lowest BCUT2D eigenvalue weighted by molar-refractivity contribution is -0.0254. The van der Waals surface area contributed by atoms with E-state index in [1.807, 2.05) is 12.1 Å². The molecule has 2 aromatic carbocycles. The number of hydrogen-bond acceptors (Lipinski definition) is 5. The maximum absolute atomic E-state index is 13.3. The molecule has 7 heteroatoms. The number of nitrogens with zero attached hydrogens (tertiary/aromatic N) is 2. The normalized spacial score (nSPS) is 18.3. The van der Waals surface area contributed by atoms with Crippen molar-refractivity contribution in [2.24, 2.45) is 0 Å². The monoisotopic (exact) mass is 474 g/mol. The van der Waals surface area contributed by atoms with Gasteiger partial charge in [0.15, 0.2) is 0 Å². The summed E-state index contributed by atoms with van der Waals surface area (Å²) in [6.07, 6.45) is 6.19. The molecule has 0 aliphatic carbocycles. The Hall–Kier alpha value is -3.55. The third-order valence-electron chi connectivity index (χ3n) is 6.96. The molecule has 2 N–H and O–H groups in total. The van der Waals surface area contributed by atoms with Gasteiger partial charge in [0.05, 0.1) is 11.2 Å². The number of fused-ring (bicyclic) bond motifs is 2. The highest BCUT2D eigenvalue weighted by molar-refractivity contribution is 5.91. The van der Waals surface area contributed by atoms with Crippen molar-refractivity contribution in [3.05, 3.63) is 94.9 Å². The molecule has 6 nitrogen and oxygen atoms in total. The fourth-order valence-corrected chi connectivity index (χ4v) is 4.95. The van der Waals surface area contributed by atoms with E-state index in [1.165, 1.54) is 12.1 Å². The number of carbonyl (C=O) groups is 1. The molecule has 1 saturated heterocycles. The first kappa shape index (κ1) is 23.2. The predicted octanol–water partition coefficient (Wildman–Crippen LogP) is 5.02. The average Bonchev–Trinajstić information content (AvgIpc) is 3.02. The maximum Gasteiger partial charge on any atom is 0.336 e. The Labute approximate surface area is 203 Å². The van der Waals surface area contributed by atoms with E-state index in [4.69, 9.17) is 4.74 Å². The van der Waals surface area contributed by atoms with Gasteiger partial charge in [-0.25, -0.2) is 14.2 Å². The molecule has 1 aromatic heterocycles. The van der Waals surface area contributed by atoms with E-state index in [0.29, 0.717) is 36.5 Å². The first-order valence-corrected chi connectivity index (χ1v) is 11.8. The van der Waals surface area contributed by atoms with Crippen molar-refractivity contribution in [2.75, 3.05) is 19.6 Å². The van der Waals surface area contributed by atoms with Gasteiger partial charge in [-0.3, -0.25) is 0 Å². The van der Waals surface area contributed by atoms with E-state index in [2.05, 4.69) is 16.0 Å². The Morgan fingerprint density at radius 2 is 1.89 bits per heavy atom. The summed E-state index contributed by atoms with van der Waals surface area (Å²) in [4.78, 5) is 18.5. The number of ether oxygens (including phenoxy) is 1. The number of piperidine rings is 1. The molecule has 0 atom stereocenters. The minimum absolute atomic E-state index is 0.234. The van der Waals surface area contributed by atoms with Gasteiger partial charge in [-0.15, -0.1) is 0 Å². The number of pyridine rings is 1. The lowest BCUT2D eigenvalue weighted by atomic mass is 9.84. The summed E-state index contributed by atoms with van der Waals surface area (Å²) in [6.45, 7) is 2.29. The van der Waals surface area contributed by atoms with E-state index in [9.17, 15) is 19.4 Å². The SMILES string of the molecule is O=C(O)c1cccc2c1CC(=CCCN1CCC(O)(c3ccc(F)cc3)CC1)c1cccnc1O2. The van der Waals surface area contributed by atoms with Crippen molar-refractivity contribution in [1.29, 1.82) is 0 Å². The smallest absolute Gasteiger partial charge is 0.336 e. The van der Waals surface area contributed by atoms with Crippen molar-refractivity contribution in [3.8, 4) is 11.6 Å². The van der Waals surface area contributed by atoms with E-state index >= 15 is 0 Å². The average molecular weight is 475 g/mol. The number of carboxylic acids is 1. The van der Waals surface area contributed by atoms with Gasteiger partial charge in [-0.2, -0.15) is 0 Å². The highest BCUT2D eigenvalue weighted by Crippen LogP contribution is 2.39. The van der Waals surface area contributed by atoms with Gasteiger partial charge in [-0.1, -0.05) is 24.3 Å². The lowest BCUT2D eigenvalue weighted by Gasteiger charge is -2.38. The molecule has 2 aliphatic heterocycles. The highest BCUT2D eigenvalue weighted by Gasteiger charge is 2.33. The molecule has 1 fully saturated rings. The quantitative estimate of drug-likeness (QED) is 0.540. The van der Waals surface area contributed by atoms with Gasteiger partial charge >= 0.3 is 5.97 Å². The zero-order valence-corrected chi connectivity index (χ0v) is 19.3. The van der Waals surface area contributed by atoms with Crippen LogP contribution >= 0.6 is 0 Å². The molecular weight excluding hydrogens is 447 g/mol. The molecule has 0 amide bonds. The molecule has 2 aliphatic rings. The second-order valence-electron chi connectivity index (χ2n) is 9.12. The van der Waals surface area contributed by atoms with Crippen LogP contribution in [0.5, 0.6) is 11.6 Å². The van der Waals surface area contributed by atoms with E-state index < -0.39 is 11.6 Å². The minimum Gasteiger partial charge on any atom is -0.478 e. The molecular formula is C28H27FN2O4. The molecule has 0 saturated carbocycles. The van der Waals surface area contributed by atoms with Crippen molar-refractivity contribution >= 4 is 11.5 Å². The van der Waals surface area contributed by atoms with Crippen LogP contribution in [-0.2, 0) is 12.0 Å². The van der Waals surface area contributed by atoms with Crippen LogP contribution in [0.3, 0.4) is 0 Å². The van der Waals surface area contributed by atoms with Crippen LogP contribution in [0.2, 0.25) is 0 Å². The second kappa shape index (κ2) is 9.60. The Morgan fingerprint density at radius 1 is 1.11 bits per heavy atom. The summed E-state index contributed by atoms with van der Waals surface area (Å²) >= 11 is 0. The Kier molecular flexibility index (Phi) is 6.36. The fourth-order valence-electron chi connectivity index (χ4n) is 4.95. The summed E-state index contributed by atoms with van der Waals surface area (Å²) in [5, 5.41) is 20.7. The first-order chi connectivity index (χ1) is 16.9. The van der Waals surface area contributed by atoms with E-state index in [-0.39, 0.29) is 11.4 Å². The molecule has 5 rings (SSSR count). The molecule has 0 unspecified atom stereocenters. The van der Waals surface area contributed by atoms with Crippen LogP contribution in [-0.4, -0.2) is 45.7 Å². The van der Waals surface area contributed by atoms with E-state index in [0.717, 1.165) is 42.8 Å². The Morgan fingerprint density at radius 3 is 2.63 bits per heavy atom. The van der Waals surface area contributed by atoms with Crippen LogP contribution in [0.25, 0.3) is 5.57 Å². The molecule has 0 radical (unpaired) electrons. The number of hydrogen-bond donors (Lipinski definition) is 2. The second-order valence-corrected chi connectivity index (χ2v) is 9.12. The zero-order valence-electron chi connectivity index (χ0n) is 19.3. The topological polar surface area (TPSA) is 82.9 Å². The number of aromatic carboxylic acids is 1. The number of aromatic nitrogens is 1. The van der Waals surface area contributed by atoms with Gasteiger partial charge in [-0.05, 0) is 66.8 Å². The summed E-state index contributed by atoms with van der Waals surface area (Å²) in [5.41, 5.74) is 2.56. The van der Waals surface area contributed by atoms with Crippen LogP contribution in [0.1, 0.15) is 46.3 Å². The Balaban J connectivity index is 1.30. The van der Waals surface area contributed by atoms with Crippen molar-refractivity contribution in [3.63, 3.8) is 0 Å². The van der Waals surface area contributed by atoms with E-state index in [1.54, 1.807) is 36.5 Å².